The summed E-state index contributed by atoms with van der Waals surface area (Å²) in [6.07, 6.45) is 9.54. The highest BCUT2D eigenvalue weighted by Crippen LogP contribution is 2.37. The van der Waals surface area contributed by atoms with Gasteiger partial charge in [0.05, 0.1) is 18.1 Å². The summed E-state index contributed by atoms with van der Waals surface area (Å²) >= 11 is 0. The van der Waals surface area contributed by atoms with Gasteiger partial charge in [-0.3, -0.25) is 4.90 Å². The third-order valence-corrected chi connectivity index (χ3v) is 5.26. The Morgan fingerprint density at radius 1 is 1.14 bits per heavy atom. The number of hydrogen-bond donors (Lipinski definition) is 1. The van der Waals surface area contributed by atoms with E-state index in [1.165, 1.54) is 51.0 Å². The van der Waals surface area contributed by atoms with Gasteiger partial charge in [0.25, 0.3) is 0 Å². The summed E-state index contributed by atoms with van der Waals surface area (Å²) in [5, 5.41) is 0. The molecule has 0 radical (unpaired) electrons. The second-order valence-electron chi connectivity index (χ2n) is 6.99. The molecule has 2 aliphatic carbocycles. The van der Waals surface area contributed by atoms with Crippen molar-refractivity contribution >= 4 is 0 Å². The second kappa shape index (κ2) is 5.71. The second-order valence-corrected chi connectivity index (χ2v) is 6.99. The van der Waals surface area contributed by atoms with E-state index in [1.807, 2.05) is 12.5 Å². The summed E-state index contributed by atoms with van der Waals surface area (Å²) < 4.78 is 2.37. The highest BCUT2D eigenvalue weighted by molar-refractivity contribution is 5.10. The van der Waals surface area contributed by atoms with Gasteiger partial charge in [0.1, 0.15) is 0 Å². The fourth-order valence-corrected chi connectivity index (χ4v) is 3.61. The van der Waals surface area contributed by atoms with Crippen LogP contribution < -0.4 is 5.73 Å². The number of nitrogens with zero attached hydrogens (tertiary/aromatic N) is 4. The molecule has 1 saturated heterocycles. The summed E-state index contributed by atoms with van der Waals surface area (Å²) in [5.74, 6) is 0.998. The van der Waals surface area contributed by atoms with E-state index in [9.17, 15) is 0 Å². The van der Waals surface area contributed by atoms with Crippen molar-refractivity contribution in [2.24, 2.45) is 11.7 Å². The highest BCUT2D eigenvalue weighted by Gasteiger charge is 2.32. The summed E-state index contributed by atoms with van der Waals surface area (Å²) in [7, 11) is 0. The molecule has 1 unspecified atom stereocenters. The molecule has 0 spiro atoms. The fraction of sp³-hybridized carbons (Fsp3) is 0.812. The Kier molecular flexibility index (Phi) is 3.73. The SMILES string of the molecule is NCC(c1cncn1C1CC1)N1CCN(CC2CC2)CC1. The first-order chi connectivity index (χ1) is 10.3. The molecule has 5 heteroatoms. The van der Waals surface area contributed by atoms with E-state index in [0.29, 0.717) is 18.6 Å². The van der Waals surface area contributed by atoms with E-state index >= 15 is 0 Å². The molecule has 2 saturated carbocycles. The summed E-state index contributed by atoms with van der Waals surface area (Å²) in [5.41, 5.74) is 7.44. The van der Waals surface area contributed by atoms with E-state index < -0.39 is 0 Å². The van der Waals surface area contributed by atoms with Crippen LogP contribution in [0.4, 0.5) is 0 Å². The van der Waals surface area contributed by atoms with Gasteiger partial charge in [-0.15, -0.1) is 0 Å². The molecule has 2 N–H and O–H groups in total. The lowest BCUT2D eigenvalue weighted by atomic mass is 10.1. The molecule has 0 bridgehead atoms. The molecule has 0 aromatic carbocycles. The number of nitrogens with two attached hydrogens (primary N) is 1. The number of piperazine rings is 1. The minimum atomic E-state index is 0.344. The van der Waals surface area contributed by atoms with Crippen molar-refractivity contribution in [3.05, 3.63) is 18.2 Å². The molecule has 21 heavy (non-hydrogen) atoms. The Morgan fingerprint density at radius 3 is 2.52 bits per heavy atom. The molecule has 5 nitrogen and oxygen atoms in total. The van der Waals surface area contributed by atoms with Crippen LogP contribution in [-0.2, 0) is 0 Å². The van der Waals surface area contributed by atoms with Gasteiger partial charge in [-0.1, -0.05) is 0 Å². The third-order valence-electron chi connectivity index (χ3n) is 5.26. The summed E-state index contributed by atoms with van der Waals surface area (Å²) in [6, 6.07) is 1.03. The maximum absolute atomic E-state index is 6.11. The quantitative estimate of drug-likeness (QED) is 0.856. The smallest absolute Gasteiger partial charge is 0.0951 e. The van der Waals surface area contributed by atoms with Crippen molar-refractivity contribution in [2.75, 3.05) is 39.3 Å². The Hall–Kier alpha value is -0.910. The topological polar surface area (TPSA) is 50.3 Å². The average Bonchev–Trinajstić information content (AvgIpc) is 3.44. The van der Waals surface area contributed by atoms with Crippen LogP contribution in [0.25, 0.3) is 0 Å². The Balaban J connectivity index is 1.40. The Bertz CT molecular complexity index is 469. The van der Waals surface area contributed by atoms with Gasteiger partial charge in [-0.05, 0) is 31.6 Å². The number of hydrogen-bond acceptors (Lipinski definition) is 4. The number of imidazole rings is 1. The van der Waals surface area contributed by atoms with Crippen LogP contribution in [0.3, 0.4) is 0 Å². The van der Waals surface area contributed by atoms with E-state index in [4.69, 9.17) is 5.73 Å². The monoisotopic (exact) mass is 289 g/mol. The van der Waals surface area contributed by atoms with Gasteiger partial charge in [0.15, 0.2) is 0 Å². The molecule has 0 amide bonds. The van der Waals surface area contributed by atoms with Crippen molar-refractivity contribution in [1.29, 1.82) is 0 Å². The minimum Gasteiger partial charge on any atom is -0.330 e. The molecule has 1 aromatic heterocycles. The lowest BCUT2D eigenvalue weighted by Gasteiger charge is -2.39. The molecular formula is C16H27N5. The molecule has 1 aromatic rings. The average molecular weight is 289 g/mol. The Labute approximate surface area is 127 Å². The third kappa shape index (κ3) is 3.00. The van der Waals surface area contributed by atoms with Crippen molar-refractivity contribution in [3.63, 3.8) is 0 Å². The number of aromatic nitrogens is 2. The molecule has 1 atom stereocenters. The van der Waals surface area contributed by atoms with Crippen molar-refractivity contribution in [3.8, 4) is 0 Å². The largest absolute Gasteiger partial charge is 0.330 e. The Morgan fingerprint density at radius 2 is 1.90 bits per heavy atom. The summed E-state index contributed by atoms with van der Waals surface area (Å²) in [4.78, 5) is 9.59. The molecular weight excluding hydrogens is 262 g/mol. The normalized spacial score (nSPS) is 26.1. The van der Waals surface area contributed by atoms with Gasteiger partial charge in [0.2, 0.25) is 0 Å². The molecule has 2 heterocycles. The van der Waals surface area contributed by atoms with Crippen LogP contribution in [0, 0.1) is 5.92 Å². The minimum absolute atomic E-state index is 0.344. The maximum atomic E-state index is 6.11. The van der Waals surface area contributed by atoms with Gasteiger partial charge in [-0.2, -0.15) is 0 Å². The van der Waals surface area contributed by atoms with E-state index in [2.05, 4.69) is 19.4 Å². The fourth-order valence-electron chi connectivity index (χ4n) is 3.61. The van der Waals surface area contributed by atoms with Gasteiger partial charge in [-0.25, -0.2) is 4.98 Å². The predicted molar refractivity (Wildman–Crippen MR) is 83.0 cm³/mol. The van der Waals surface area contributed by atoms with Crippen LogP contribution in [0.5, 0.6) is 0 Å². The van der Waals surface area contributed by atoms with Crippen LogP contribution in [0.1, 0.15) is 43.5 Å². The van der Waals surface area contributed by atoms with Gasteiger partial charge in [0, 0.05) is 51.5 Å². The first-order valence-electron chi connectivity index (χ1n) is 8.53. The van der Waals surface area contributed by atoms with Crippen molar-refractivity contribution in [1.82, 2.24) is 19.4 Å². The zero-order chi connectivity index (χ0) is 14.2. The van der Waals surface area contributed by atoms with Crippen molar-refractivity contribution in [2.45, 2.75) is 37.8 Å². The number of rotatable bonds is 6. The highest BCUT2D eigenvalue weighted by atomic mass is 15.3. The van der Waals surface area contributed by atoms with Gasteiger partial charge < -0.3 is 15.2 Å². The van der Waals surface area contributed by atoms with Crippen molar-refractivity contribution < 1.29 is 0 Å². The summed E-state index contributed by atoms with van der Waals surface area (Å²) in [6.45, 7) is 6.70. The first-order valence-corrected chi connectivity index (χ1v) is 8.53. The molecule has 1 aliphatic heterocycles. The zero-order valence-corrected chi connectivity index (χ0v) is 12.8. The molecule has 4 rings (SSSR count). The van der Waals surface area contributed by atoms with Crippen LogP contribution >= 0.6 is 0 Å². The first kappa shape index (κ1) is 13.7. The van der Waals surface area contributed by atoms with Crippen LogP contribution in [0.2, 0.25) is 0 Å². The van der Waals surface area contributed by atoms with Crippen LogP contribution in [-0.4, -0.2) is 58.6 Å². The molecule has 3 fully saturated rings. The predicted octanol–water partition coefficient (Wildman–Crippen LogP) is 1.25. The zero-order valence-electron chi connectivity index (χ0n) is 12.8. The molecule has 116 valence electrons. The lowest BCUT2D eigenvalue weighted by Crippen LogP contribution is -2.49. The lowest BCUT2D eigenvalue weighted by molar-refractivity contribution is 0.0926. The van der Waals surface area contributed by atoms with E-state index in [1.54, 1.807) is 0 Å². The van der Waals surface area contributed by atoms with E-state index in [-0.39, 0.29) is 0 Å². The van der Waals surface area contributed by atoms with Gasteiger partial charge >= 0.3 is 0 Å². The van der Waals surface area contributed by atoms with Crippen LogP contribution in [0.15, 0.2) is 12.5 Å². The van der Waals surface area contributed by atoms with E-state index in [0.717, 1.165) is 19.0 Å². The maximum Gasteiger partial charge on any atom is 0.0951 e. The molecule has 3 aliphatic rings. The standard InChI is InChI=1S/C16H27N5/c17-9-15(16-10-18-12-21(16)14-3-4-14)20-7-5-19(6-8-20)11-13-1-2-13/h10,12-15H,1-9,11,17H2.